The lowest BCUT2D eigenvalue weighted by Gasteiger charge is -2.10. The van der Waals surface area contributed by atoms with Crippen molar-refractivity contribution in [1.82, 2.24) is 5.43 Å². The Labute approximate surface area is 92.4 Å². The first-order valence-corrected chi connectivity index (χ1v) is 4.28. The second-order valence-electron chi connectivity index (χ2n) is 2.75. The Morgan fingerprint density at radius 2 is 1.50 bits per heavy atom. The topological polar surface area (TPSA) is 41.1 Å². The Bertz CT molecular complexity index is 423. The summed E-state index contributed by atoms with van der Waals surface area (Å²) in [5, 5.41) is -1.29. The van der Waals surface area contributed by atoms with E-state index in [1.165, 1.54) is 0 Å². The van der Waals surface area contributed by atoms with E-state index < -0.39 is 39.9 Å². The first kappa shape index (κ1) is 12.6. The smallest absolute Gasteiger partial charge is 0.235 e. The van der Waals surface area contributed by atoms with Crippen LogP contribution >= 0.6 is 11.6 Å². The predicted octanol–water partition coefficient (Wildman–Crippen LogP) is 2.36. The minimum absolute atomic E-state index is 0.699. The summed E-state index contributed by atoms with van der Waals surface area (Å²) in [6, 6.07) is 0. The fraction of sp³-hybridized carbons (Fsp3) is 0.125. The highest BCUT2D eigenvalue weighted by atomic mass is 35.5. The fourth-order valence-electron chi connectivity index (χ4n) is 0.865. The van der Waals surface area contributed by atoms with Crippen LogP contribution in [0.4, 0.5) is 23.2 Å². The van der Waals surface area contributed by atoms with Crippen molar-refractivity contribution in [3.63, 3.8) is 0 Å². The summed E-state index contributed by atoms with van der Waals surface area (Å²) < 4.78 is 51.9. The Morgan fingerprint density at radius 3 is 1.88 bits per heavy atom. The largest absolute Gasteiger partial charge is 0.293 e. The Balaban J connectivity index is 3.23. The van der Waals surface area contributed by atoms with Crippen LogP contribution in [0.2, 0.25) is 5.02 Å². The molecule has 0 radical (unpaired) electrons. The number of hydrogen-bond donors (Lipinski definition) is 2. The van der Waals surface area contributed by atoms with Crippen LogP contribution in [0.15, 0.2) is 0 Å². The van der Waals surface area contributed by atoms with E-state index in [-0.39, 0.29) is 0 Å². The molecule has 8 heteroatoms. The Kier molecular flexibility index (Phi) is 3.58. The van der Waals surface area contributed by atoms with E-state index in [0.717, 1.165) is 6.92 Å². The summed E-state index contributed by atoms with van der Waals surface area (Å²) in [6.45, 7) is 1.03. The first-order valence-electron chi connectivity index (χ1n) is 3.90. The SMILES string of the molecule is CC(=O)NNc1c(F)c(F)c(Cl)c(F)c1F. The predicted molar refractivity (Wildman–Crippen MR) is 48.7 cm³/mol. The third-order valence-corrected chi connectivity index (χ3v) is 1.91. The molecule has 0 aliphatic heterocycles. The van der Waals surface area contributed by atoms with Crippen LogP contribution < -0.4 is 10.9 Å². The molecule has 0 spiro atoms. The zero-order chi connectivity index (χ0) is 12.5. The van der Waals surface area contributed by atoms with Crippen LogP contribution in [0.5, 0.6) is 0 Å². The van der Waals surface area contributed by atoms with Crippen molar-refractivity contribution >= 4 is 23.2 Å². The monoisotopic (exact) mass is 256 g/mol. The standard InChI is InChI=1S/C8H5ClF4N2O/c1-2(16)14-15-8-6(12)4(10)3(9)5(11)7(8)13/h15H,1H3,(H,14,16). The van der Waals surface area contributed by atoms with Gasteiger partial charge in [-0.2, -0.15) is 0 Å². The lowest BCUT2D eigenvalue weighted by atomic mass is 10.2. The lowest BCUT2D eigenvalue weighted by molar-refractivity contribution is -0.118. The molecule has 0 bridgehead atoms. The second kappa shape index (κ2) is 4.56. The van der Waals surface area contributed by atoms with Gasteiger partial charge in [-0.15, -0.1) is 0 Å². The molecule has 0 saturated heterocycles. The molecule has 2 N–H and O–H groups in total. The van der Waals surface area contributed by atoms with Crippen LogP contribution in [0.25, 0.3) is 0 Å². The number of hydrogen-bond acceptors (Lipinski definition) is 2. The van der Waals surface area contributed by atoms with E-state index in [2.05, 4.69) is 0 Å². The van der Waals surface area contributed by atoms with Gasteiger partial charge in [0, 0.05) is 6.92 Å². The highest BCUT2D eigenvalue weighted by Crippen LogP contribution is 2.30. The number of halogens is 5. The summed E-state index contributed by atoms with van der Waals surface area (Å²) in [4.78, 5) is 10.4. The van der Waals surface area contributed by atoms with E-state index in [4.69, 9.17) is 11.6 Å². The molecule has 0 aromatic heterocycles. The summed E-state index contributed by atoms with van der Waals surface area (Å²) >= 11 is 4.98. The number of amides is 1. The number of carbonyl (C=O) groups is 1. The number of anilines is 1. The second-order valence-corrected chi connectivity index (χ2v) is 3.13. The van der Waals surface area contributed by atoms with Crippen LogP contribution in [0.3, 0.4) is 0 Å². The molecule has 0 atom stereocenters. The third kappa shape index (κ3) is 2.19. The number of hydrazine groups is 1. The first-order chi connectivity index (χ1) is 7.36. The van der Waals surface area contributed by atoms with Crippen LogP contribution in [-0.2, 0) is 4.79 Å². The van der Waals surface area contributed by atoms with Crippen LogP contribution in [0.1, 0.15) is 6.92 Å². The summed E-state index contributed by atoms with van der Waals surface area (Å²) in [6.07, 6.45) is 0. The normalized spacial score (nSPS) is 10.1. The molecule has 1 amide bonds. The molecule has 16 heavy (non-hydrogen) atoms. The molecule has 0 aliphatic carbocycles. The van der Waals surface area contributed by atoms with E-state index in [1.807, 2.05) is 0 Å². The van der Waals surface area contributed by atoms with Gasteiger partial charge in [0.15, 0.2) is 23.3 Å². The maximum Gasteiger partial charge on any atom is 0.235 e. The highest BCUT2D eigenvalue weighted by molar-refractivity contribution is 6.31. The van der Waals surface area contributed by atoms with E-state index in [0.29, 0.717) is 0 Å². The summed E-state index contributed by atoms with van der Waals surface area (Å²) in [5.74, 6) is -7.63. The molecule has 0 saturated carbocycles. The van der Waals surface area contributed by atoms with Gasteiger partial charge in [-0.3, -0.25) is 15.6 Å². The highest BCUT2D eigenvalue weighted by Gasteiger charge is 2.24. The molecule has 0 heterocycles. The van der Waals surface area contributed by atoms with Crippen molar-refractivity contribution in [2.24, 2.45) is 0 Å². The number of benzene rings is 1. The van der Waals surface area contributed by atoms with Gasteiger partial charge in [0.2, 0.25) is 5.91 Å². The maximum atomic E-state index is 13.1. The van der Waals surface area contributed by atoms with Crippen molar-refractivity contribution in [2.75, 3.05) is 5.43 Å². The average Bonchev–Trinajstić information content (AvgIpc) is 2.23. The third-order valence-electron chi connectivity index (χ3n) is 1.57. The molecule has 1 aromatic carbocycles. The van der Waals surface area contributed by atoms with Crippen molar-refractivity contribution in [3.05, 3.63) is 28.3 Å². The van der Waals surface area contributed by atoms with Crippen LogP contribution in [0, 0.1) is 23.3 Å². The zero-order valence-electron chi connectivity index (χ0n) is 7.80. The number of rotatable bonds is 2. The molecule has 0 aliphatic rings. The van der Waals surface area contributed by atoms with Gasteiger partial charge in [0.05, 0.1) is 0 Å². The van der Waals surface area contributed by atoms with Gasteiger partial charge < -0.3 is 0 Å². The molecule has 0 fully saturated rings. The average molecular weight is 257 g/mol. The van der Waals surface area contributed by atoms with E-state index in [1.54, 1.807) is 10.9 Å². The van der Waals surface area contributed by atoms with Gasteiger partial charge in [-0.1, -0.05) is 11.6 Å². The van der Waals surface area contributed by atoms with Crippen molar-refractivity contribution in [2.45, 2.75) is 6.92 Å². The molecule has 1 aromatic rings. The molecule has 88 valence electrons. The lowest BCUT2D eigenvalue weighted by Crippen LogP contribution is -2.28. The van der Waals surface area contributed by atoms with Gasteiger partial charge in [0.25, 0.3) is 0 Å². The van der Waals surface area contributed by atoms with Crippen molar-refractivity contribution in [1.29, 1.82) is 0 Å². The molecule has 1 rings (SSSR count). The Morgan fingerprint density at radius 1 is 1.06 bits per heavy atom. The van der Waals surface area contributed by atoms with E-state index in [9.17, 15) is 22.4 Å². The van der Waals surface area contributed by atoms with Gasteiger partial charge in [-0.05, 0) is 0 Å². The fourth-order valence-corrected chi connectivity index (χ4v) is 1.03. The van der Waals surface area contributed by atoms with Gasteiger partial charge in [0.1, 0.15) is 10.7 Å². The minimum Gasteiger partial charge on any atom is -0.293 e. The maximum absolute atomic E-state index is 13.1. The summed E-state index contributed by atoms with van der Waals surface area (Å²) in [5.41, 5.74) is 2.32. The summed E-state index contributed by atoms with van der Waals surface area (Å²) in [7, 11) is 0. The Hall–Kier alpha value is -1.50. The van der Waals surface area contributed by atoms with Crippen LogP contribution in [-0.4, -0.2) is 5.91 Å². The number of carbonyl (C=O) groups excluding carboxylic acids is 1. The molecule has 3 nitrogen and oxygen atoms in total. The molecular formula is C8H5ClF4N2O. The molecule has 0 unspecified atom stereocenters. The van der Waals surface area contributed by atoms with Crippen molar-refractivity contribution < 1.29 is 22.4 Å². The van der Waals surface area contributed by atoms with Crippen molar-refractivity contribution in [3.8, 4) is 0 Å². The zero-order valence-corrected chi connectivity index (χ0v) is 8.55. The quantitative estimate of drug-likeness (QED) is 0.369. The van der Waals surface area contributed by atoms with E-state index >= 15 is 0 Å². The minimum atomic E-state index is -1.74. The number of nitrogens with one attached hydrogen (secondary N) is 2. The van der Waals surface area contributed by atoms with Gasteiger partial charge in [-0.25, -0.2) is 17.6 Å². The molecular weight excluding hydrogens is 252 g/mol. The van der Waals surface area contributed by atoms with Gasteiger partial charge >= 0.3 is 0 Å².